The van der Waals surface area contributed by atoms with Crippen molar-refractivity contribution in [3.05, 3.63) is 16.4 Å². The average molecular weight is 290 g/mol. The zero-order chi connectivity index (χ0) is 12.8. The number of hydrogen-bond donors (Lipinski definition) is 1. The monoisotopic (exact) mass is 289 g/mol. The van der Waals surface area contributed by atoms with E-state index in [1.54, 1.807) is 6.07 Å². The van der Waals surface area contributed by atoms with Gasteiger partial charge < -0.3 is 10.1 Å². The topological polar surface area (TPSA) is 47.0 Å². The van der Waals surface area contributed by atoms with Crippen LogP contribution in [0.2, 0.25) is 10.3 Å². The van der Waals surface area contributed by atoms with Crippen LogP contribution in [0, 0.1) is 0 Å². The lowest BCUT2D eigenvalue weighted by atomic mass is 9.98. The summed E-state index contributed by atoms with van der Waals surface area (Å²) in [5.41, 5.74) is 0.698. The predicted molar refractivity (Wildman–Crippen MR) is 73.4 cm³/mol. The van der Waals surface area contributed by atoms with Crippen LogP contribution in [0.1, 0.15) is 32.1 Å². The largest absolute Gasteiger partial charge is 0.380 e. The normalized spacial score (nSPS) is 16.8. The van der Waals surface area contributed by atoms with E-state index in [-0.39, 0.29) is 0 Å². The summed E-state index contributed by atoms with van der Waals surface area (Å²) in [5.74, 6) is 0. The highest BCUT2D eigenvalue weighted by atomic mass is 35.5. The third-order valence-corrected chi connectivity index (χ3v) is 3.51. The fourth-order valence-corrected chi connectivity index (χ4v) is 2.43. The number of anilines is 1. The van der Waals surface area contributed by atoms with Gasteiger partial charge in [-0.25, -0.2) is 0 Å². The number of nitrogens with zero attached hydrogens (tertiary/aromatic N) is 2. The van der Waals surface area contributed by atoms with Gasteiger partial charge >= 0.3 is 0 Å². The second-order valence-corrected chi connectivity index (χ2v) is 5.17. The number of hydrogen-bond acceptors (Lipinski definition) is 4. The quantitative estimate of drug-likeness (QED) is 0.842. The molecule has 0 atom stereocenters. The van der Waals surface area contributed by atoms with Crippen molar-refractivity contribution < 1.29 is 4.74 Å². The van der Waals surface area contributed by atoms with Crippen LogP contribution in [-0.4, -0.2) is 29.5 Å². The second-order valence-electron chi connectivity index (χ2n) is 4.43. The smallest absolute Gasteiger partial charge is 0.174 e. The van der Waals surface area contributed by atoms with Crippen molar-refractivity contribution in [1.82, 2.24) is 10.2 Å². The molecule has 1 fully saturated rings. The van der Waals surface area contributed by atoms with Crippen LogP contribution in [0.4, 0.5) is 5.69 Å². The van der Waals surface area contributed by atoms with E-state index in [9.17, 15) is 0 Å². The molecule has 1 saturated carbocycles. The summed E-state index contributed by atoms with van der Waals surface area (Å²) in [6, 6.07) is 1.66. The van der Waals surface area contributed by atoms with E-state index in [4.69, 9.17) is 27.9 Å². The molecule has 1 aliphatic rings. The fourth-order valence-electron chi connectivity index (χ4n) is 2.12. The summed E-state index contributed by atoms with van der Waals surface area (Å²) < 4.78 is 5.80. The van der Waals surface area contributed by atoms with Crippen LogP contribution in [0.3, 0.4) is 0 Å². The molecule has 0 spiro atoms. The highest BCUT2D eigenvalue weighted by Crippen LogP contribution is 2.21. The lowest BCUT2D eigenvalue weighted by molar-refractivity contribution is 0.0347. The minimum absolute atomic E-state index is 0.329. The van der Waals surface area contributed by atoms with E-state index in [1.807, 2.05) is 0 Å². The minimum atomic E-state index is 0.329. The zero-order valence-corrected chi connectivity index (χ0v) is 11.7. The van der Waals surface area contributed by atoms with Gasteiger partial charge in [-0.1, -0.05) is 42.5 Å². The van der Waals surface area contributed by atoms with Crippen molar-refractivity contribution in [2.45, 2.75) is 38.2 Å². The van der Waals surface area contributed by atoms with E-state index in [0.717, 1.165) is 0 Å². The summed E-state index contributed by atoms with van der Waals surface area (Å²) in [6.45, 7) is 1.36. The molecule has 2 rings (SSSR count). The van der Waals surface area contributed by atoms with Crippen molar-refractivity contribution in [1.29, 1.82) is 0 Å². The van der Waals surface area contributed by atoms with Crippen molar-refractivity contribution in [3.8, 4) is 0 Å². The molecule has 1 N–H and O–H groups in total. The van der Waals surface area contributed by atoms with E-state index >= 15 is 0 Å². The van der Waals surface area contributed by atoms with Crippen LogP contribution in [0.5, 0.6) is 0 Å². The van der Waals surface area contributed by atoms with Gasteiger partial charge in [0.1, 0.15) is 0 Å². The van der Waals surface area contributed by atoms with Crippen molar-refractivity contribution >= 4 is 28.9 Å². The van der Waals surface area contributed by atoms with Crippen LogP contribution < -0.4 is 5.32 Å². The number of ether oxygens (including phenoxy) is 1. The molecular formula is C12H17Cl2N3O. The van der Waals surface area contributed by atoms with Gasteiger partial charge in [0.05, 0.1) is 18.4 Å². The number of halogens is 2. The molecule has 100 valence electrons. The van der Waals surface area contributed by atoms with Crippen molar-refractivity contribution in [3.63, 3.8) is 0 Å². The molecule has 6 heteroatoms. The van der Waals surface area contributed by atoms with E-state index in [0.29, 0.717) is 35.2 Å². The van der Waals surface area contributed by atoms with Gasteiger partial charge in [-0.2, -0.15) is 0 Å². The molecule has 0 aromatic carbocycles. The molecule has 0 saturated heterocycles. The second kappa shape index (κ2) is 7.12. The van der Waals surface area contributed by atoms with E-state index in [1.165, 1.54) is 32.1 Å². The SMILES string of the molecule is Clc1cc(NCCOC2CCCCC2)c(Cl)nn1. The third-order valence-electron chi connectivity index (χ3n) is 3.04. The summed E-state index contributed by atoms with van der Waals surface area (Å²) in [5, 5.41) is 11.2. The highest BCUT2D eigenvalue weighted by molar-refractivity contribution is 6.33. The molecular weight excluding hydrogens is 273 g/mol. The fraction of sp³-hybridized carbons (Fsp3) is 0.667. The molecule has 0 unspecified atom stereocenters. The highest BCUT2D eigenvalue weighted by Gasteiger charge is 2.13. The van der Waals surface area contributed by atoms with Gasteiger partial charge in [0.2, 0.25) is 0 Å². The Balaban J connectivity index is 1.69. The Morgan fingerprint density at radius 1 is 1.22 bits per heavy atom. The molecule has 0 aliphatic heterocycles. The summed E-state index contributed by atoms with van der Waals surface area (Å²) in [4.78, 5) is 0. The lowest BCUT2D eigenvalue weighted by Crippen LogP contribution is -2.20. The third kappa shape index (κ3) is 4.26. The first-order chi connectivity index (χ1) is 8.75. The maximum atomic E-state index is 5.89. The van der Waals surface area contributed by atoms with Gasteiger partial charge in [0.15, 0.2) is 10.3 Å². The summed E-state index contributed by atoms with van der Waals surface area (Å²) >= 11 is 11.6. The number of aromatic nitrogens is 2. The van der Waals surface area contributed by atoms with Crippen LogP contribution in [0.15, 0.2) is 6.07 Å². The van der Waals surface area contributed by atoms with E-state index in [2.05, 4.69) is 15.5 Å². The molecule has 1 aliphatic carbocycles. The molecule has 1 heterocycles. The average Bonchev–Trinajstić information content (AvgIpc) is 2.40. The standard InChI is InChI=1S/C12H17Cl2N3O/c13-11-8-10(12(14)17-16-11)15-6-7-18-9-4-2-1-3-5-9/h8-9H,1-7H2,(H,15,16). The van der Waals surface area contributed by atoms with Gasteiger partial charge in [0.25, 0.3) is 0 Å². The Kier molecular flexibility index (Phi) is 5.47. The number of nitrogens with one attached hydrogen (secondary N) is 1. The first kappa shape index (κ1) is 13.8. The minimum Gasteiger partial charge on any atom is -0.380 e. The molecule has 0 bridgehead atoms. The Morgan fingerprint density at radius 2 is 2.00 bits per heavy atom. The van der Waals surface area contributed by atoms with Crippen LogP contribution >= 0.6 is 23.2 Å². The van der Waals surface area contributed by atoms with Gasteiger partial charge in [-0.15, -0.1) is 10.2 Å². The number of rotatable bonds is 5. The van der Waals surface area contributed by atoms with E-state index < -0.39 is 0 Å². The molecule has 1 aromatic heterocycles. The predicted octanol–water partition coefficient (Wildman–Crippen LogP) is 3.54. The van der Waals surface area contributed by atoms with Crippen molar-refractivity contribution in [2.75, 3.05) is 18.5 Å². The summed E-state index contributed by atoms with van der Waals surface area (Å²) in [6.07, 6.45) is 6.71. The maximum Gasteiger partial charge on any atom is 0.174 e. The van der Waals surface area contributed by atoms with Crippen LogP contribution in [0.25, 0.3) is 0 Å². The Morgan fingerprint density at radius 3 is 2.78 bits per heavy atom. The van der Waals surface area contributed by atoms with Crippen molar-refractivity contribution in [2.24, 2.45) is 0 Å². The lowest BCUT2D eigenvalue weighted by Gasteiger charge is -2.22. The first-order valence-electron chi connectivity index (χ1n) is 6.30. The first-order valence-corrected chi connectivity index (χ1v) is 7.05. The van der Waals surface area contributed by atoms with Gasteiger partial charge in [-0.05, 0) is 12.8 Å². The Bertz CT molecular complexity index is 384. The Hall–Kier alpha value is -0.580. The molecule has 0 amide bonds. The molecule has 4 nitrogen and oxygen atoms in total. The summed E-state index contributed by atoms with van der Waals surface area (Å²) in [7, 11) is 0. The zero-order valence-electron chi connectivity index (χ0n) is 10.2. The molecule has 18 heavy (non-hydrogen) atoms. The van der Waals surface area contributed by atoms with Crippen LogP contribution in [-0.2, 0) is 4.74 Å². The van der Waals surface area contributed by atoms with Gasteiger partial charge in [0, 0.05) is 12.6 Å². The van der Waals surface area contributed by atoms with Gasteiger partial charge in [-0.3, -0.25) is 0 Å². The maximum absolute atomic E-state index is 5.89. The Labute approximate surface area is 117 Å². The molecule has 0 radical (unpaired) electrons. The molecule has 1 aromatic rings.